The highest BCUT2D eigenvalue weighted by Gasteiger charge is 2.33. The summed E-state index contributed by atoms with van der Waals surface area (Å²) in [5.41, 5.74) is 1.79. The minimum Gasteiger partial charge on any atom is -0.477 e. The summed E-state index contributed by atoms with van der Waals surface area (Å²) in [6.45, 7) is 6.25. The van der Waals surface area contributed by atoms with Crippen LogP contribution in [0, 0.1) is 17.8 Å². The SMILES string of the molecule is O=C(c1cc(OCC2CCOCC2)nc(C2CC2)c1)N1CC[C@@H]2CNC[C@@H]2CC1. The smallest absolute Gasteiger partial charge is 0.254 e. The number of carbonyl (C=O) groups is 1. The highest BCUT2D eigenvalue weighted by molar-refractivity contribution is 5.94. The molecule has 1 aliphatic carbocycles. The van der Waals surface area contributed by atoms with E-state index in [0.29, 0.717) is 24.3 Å². The molecule has 6 nitrogen and oxygen atoms in total. The molecule has 158 valence electrons. The fourth-order valence-corrected chi connectivity index (χ4v) is 5.03. The van der Waals surface area contributed by atoms with Crippen LogP contribution in [0.2, 0.25) is 0 Å². The Morgan fingerprint density at radius 3 is 2.48 bits per heavy atom. The summed E-state index contributed by atoms with van der Waals surface area (Å²) in [4.78, 5) is 20.1. The molecule has 5 rings (SSSR count). The molecular weight excluding hydrogens is 366 g/mol. The van der Waals surface area contributed by atoms with Gasteiger partial charge in [0.1, 0.15) is 0 Å². The minimum atomic E-state index is 0.151. The number of fused-ring (bicyclic) bond motifs is 1. The van der Waals surface area contributed by atoms with Gasteiger partial charge in [-0.05, 0) is 75.4 Å². The molecule has 29 heavy (non-hydrogen) atoms. The average Bonchev–Trinajstić information content (AvgIpc) is 3.56. The van der Waals surface area contributed by atoms with Gasteiger partial charge in [0.2, 0.25) is 5.88 Å². The van der Waals surface area contributed by atoms with E-state index < -0.39 is 0 Å². The van der Waals surface area contributed by atoms with Crippen molar-refractivity contribution >= 4 is 5.91 Å². The Morgan fingerprint density at radius 2 is 1.79 bits per heavy atom. The van der Waals surface area contributed by atoms with Crippen LogP contribution >= 0.6 is 0 Å². The third-order valence-corrected chi connectivity index (χ3v) is 7.18. The lowest BCUT2D eigenvalue weighted by Gasteiger charge is -2.23. The maximum Gasteiger partial charge on any atom is 0.254 e. The van der Waals surface area contributed by atoms with E-state index in [1.165, 1.54) is 12.8 Å². The van der Waals surface area contributed by atoms with Gasteiger partial charge in [0.25, 0.3) is 5.91 Å². The molecule has 0 bridgehead atoms. The second kappa shape index (κ2) is 8.60. The Hall–Kier alpha value is -1.66. The lowest BCUT2D eigenvalue weighted by molar-refractivity contribution is 0.0490. The predicted molar refractivity (Wildman–Crippen MR) is 110 cm³/mol. The van der Waals surface area contributed by atoms with Gasteiger partial charge in [-0.1, -0.05) is 0 Å². The van der Waals surface area contributed by atoms with Gasteiger partial charge in [-0.2, -0.15) is 0 Å². The van der Waals surface area contributed by atoms with Crippen LogP contribution in [0.1, 0.15) is 60.5 Å². The van der Waals surface area contributed by atoms with Crippen molar-refractivity contribution in [1.29, 1.82) is 0 Å². The van der Waals surface area contributed by atoms with Gasteiger partial charge >= 0.3 is 0 Å². The molecule has 0 spiro atoms. The van der Waals surface area contributed by atoms with Crippen molar-refractivity contribution < 1.29 is 14.3 Å². The van der Waals surface area contributed by atoms with Crippen molar-refractivity contribution in [2.75, 3.05) is 46.0 Å². The van der Waals surface area contributed by atoms with Gasteiger partial charge in [-0.15, -0.1) is 0 Å². The van der Waals surface area contributed by atoms with Gasteiger partial charge in [0.05, 0.1) is 6.61 Å². The summed E-state index contributed by atoms with van der Waals surface area (Å²) in [7, 11) is 0. The number of ether oxygens (including phenoxy) is 2. The first-order chi connectivity index (χ1) is 14.3. The van der Waals surface area contributed by atoms with Crippen LogP contribution in [-0.4, -0.2) is 61.8 Å². The van der Waals surface area contributed by atoms with Crippen molar-refractivity contribution in [2.24, 2.45) is 17.8 Å². The molecule has 0 unspecified atom stereocenters. The largest absolute Gasteiger partial charge is 0.477 e. The summed E-state index contributed by atoms with van der Waals surface area (Å²) in [5, 5.41) is 3.51. The zero-order valence-corrected chi connectivity index (χ0v) is 17.3. The lowest BCUT2D eigenvalue weighted by atomic mass is 9.92. The number of carbonyl (C=O) groups excluding carboxylic acids is 1. The van der Waals surface area contributed by atoms with E-state index in [1.54, 1.807) is 0 Å². The molecule has 1 aromatic rings. The molecule has 0 aromatic carbocycles. The van der Waals surface area contributed by atoms with E-state index >= 15 is 0 Å². The van der Waals surface area contributed by atoms with Crippen molar-refractivity contribution in [1.82, 2.24) is 15.2 Å². The zero-order valence-electron chi connectivity index (χ0n) is 17.3. The van der Waals surface area contributed by atoms with Gasteiger partial charge < -0.3 is 19.7 Å². The predicted octanol–water partition coefficient (Wildman–Crippen LogP) is 2.84. The molecular formula is C23H33N3O3. The highest BCUT2D eigenvalue weighted by atomic mass is 16.5. The van der Waals surface area contributed by atoms with E-state index in [0.717, 1.165) is 88.2 Å². The van der Waals surface area contributed by atoms with Gasteiger partial charge in [0.15, 0.2) is 0 Å². The summed E-state index contributed by atoms with van der Waals surface area (Å²) in [5.74, 6) is 3.25. The summed E-state index contributed by atoms with van der Waals surface area (Å²) < 4.78 is 11.5. The third-order valence-electron chi connectivity index (χ3n) is 7.18. The van der Waals surface area contributed by atoms with Crippen molar-refractivity contribution in [3.05, 3.63) is 23.4 Å². The molecule has 4 heterocycles. The molecule has 6 heteroatoms. The van der Waals surface area contributed by atoms with Crippen LogP contribution in [0.25, 0.3) is 0 Å². The summed E-state index contributed by atoms with van der Waals surface area (Å²) in [6, 6.07) is 3.90. The summed E-state index contributed by atoms with van der Waals surface area (Å²) in [6.07, 6.45) is 6.64. The van der Waals surface area contributed by atoms with Crippen LogP contribution in [0.4, 0.5) is 0 Å². The fraction of sp³-hybridized carbons (Fsp3) is 0.739. The first-order valence-electron chi connectivity index (χ1n) is 11.5. The number of rotatable bonds is 5. The second-order valence-electron chi connectivity index (χ2n) is 9.31. The standard InChI is InChI=1S/C23H33N3O3/c27-23(26-7-3-18-13-24-14-19(18)4-8-26)20-11-21(17-1-2-17)25-22(12-20)29-15-16-5-9-28-10-6-16/h11-12,16-19,24H,1-10,13-15H2/t18-,19+. The van der Waals surface area contributed by atoms with Crippen molar-refractivity contribution in [3.63, 3.8) is 0 Å². The molecule has 1 aromatic heterocycles. The second-order valence-corrected chi connectivity index (χ2v) is 9.31. The number of amides is 1. The Kier molecular flexibility index (Phi) is 5.73. The molecule has 3 aliphatic heterocycles. The molecule has 0 radical (unpaired) electrons. The molecule has 3 saturated heterocycles. The Morgan fingerprint density at radius 1 is 1.07 bits per heavy atom. The van der Waals surface area contributed by atoms with E-state index in [4.69, 9.17) is 14.5 Å². The number of hydrogen-bond donors (Lipinski definition) is 1. The van der Waals surface area contributed by atoms with Gasteiger partial charge in [-0.3, -0.25) is 4.79 Å². The lowest BCUT2D eigenvalue weighted by Crippen LogP contribution is -2.33. The quantitative estimate of drug-likeness (QED) is 0.825. The van der Waals surface area contributed by atoms with E-state index in [-0.39, 0.29) is 5.91 Å². The highest BCUT2D eigenvalue weighted by Crippen LogP contribution is 2.40. The topological polar surface area (TPSA) is 63.7 Å². The van der Waals surface area contributed by atoms with E-state index in [1.807, 2.05) is 12.1 Å². The summed E-state index contributed by atoms with van der Waals surface area (Å²) >= 11 is 0. The van der Waals surface area contributed by atoms with Crippen LogP contribution in [0.5, 0.6) is 5.88 Å². The molecule has 4 aliphatic rings. The Bertz CT molecular complexity index is 716. The van der Waals surface area contributed by atoms with Crippen molar-refractivity contribution in [2.45, 2.75) is 44.4 Å². The maximum absolute atomic E-state index is 13.3. The normalized spacial score (nSPS) is 28.1. The molecule has 2 atom stereocenters. The number of aromatic nitrogens is 1. The Balaban J connectivity index is 1.29. The first-order valence-corrected chi connectivity index (χ1v) is 11.5. The van der Waals surface area contributed by atoms with Crippen LogP contribution in [0.3, 0.4) is 0 Å². The molecule has 1 saturated carbocycles. The van der Waals surface area contributed by atoms with E-state index in [2.05, 4.69) is 10.2 Å². The monoisotopic (exact) mass is 399 g/mol. The number of nitrogens with one attached hydrogen (secondary N) is 1. The molecule has 1 amide bonds. The average molecular weight is 400 g/mol. The minimum absolute atomic E-state index is 0.151. The Labute approximate surface area is 173 Å². The number of likely N-dealkylation sites (tertiary alicyclic amines) is 1. The van der Waals surface area contributed by atoms with Crippen molar-refractivity contribution in [3.8, 4) is 5.88 Å². The first kappa shape index (κ1) is 19.3. The maximum atomic E-state index is 13.3. The number of hydrogen-bond acceptors (Lipinski definition) is 5. The third kappa shape index (κ3) is 4.58. The fourth-order valence-electron chi connectivity index (χ4n) is 5.03. The van der Waals surface area contributed by atoms with Gasteiger partial charge in [-0.25, -0.2) is 4.98 Å². The van der Waals surface area contributed by atoms with Crippen LogP contribution in [0.15, 0.2) is 12.1 Å². The number of pyridine rings is 1. The molecule has 1 N–H and O–H groups in total. The molecule has 4 fully saturated rings. The van der Waals surface area contributed by atoms with Gasteiger partial charge in [0, 0.05) is 49.5 Å². The van der Waals surface area contributed by atoms with E-state index in [9.17, 15) is 4.79 Å². The van der Waals surface area contributed by atoms with Crippen LogP contribution in [-0.2, 0) is 4.74 Å². The number of nitrogens with zero attached hydrogens (tertiary/aromatic N) is 2. The zero-order chi connectivity index (χ0) is 19.6. The van der Waals surface area contributed by atoms with Crippen LogP contribution < -0.4 is 10.1 Å².